The van der Waals surface area contributed by atoms with E-state index >= 15 is 0 Å². The topological polar surface area (TPSA) is 92.2 Å². The van der Waals surface area contributed by atoms with Gasteiger partial charge in [0.1, 0.15) is 5.01 Å². The molecule has 2 aromatic heterocycles. The van der Waals surface area contributed by atoms with Crippen LogP contribution in [0.5, 0.6) is 0 Å². The predicted octanol–water partition coefficient (Wildman–Crippen LogP) is 2.26. The molecule has 0 aliphatic heterocycles. The highest BCUT2D eigenvalue weighted by molar-refractivity contribution is 7.15. The summed E-state index contributed by atoms with van der Waals surface area (Å²) < 4.78 is 0. The van der Waals surface area contributed by atoms with E-state index < -0.39 is 5.97 Å². The van der Waals surface area contributed by atoms with E-state index in [9.17, 15) is 9.59 Å². The van der Waals surface area contributed by atoms with Gasteiger partial charge in [0.05, 0.1) is 5.56 Å². The number of amides is 1. The summed E-state index contributed by atoms with van der Waals surface area (Å²) in [4.78, 5) is 22.9. The van der Waals surface area contributed by atoms with Crippen LogP contribution in [0.1, 0.15) is 20.2 Å². The Morgan fingerprint density at radius 1 is 1.42 bits per heavy atom. The second kappa shape index (κ2) is 5.72. The molecule has 0 atom stereocenters. The van der Waals surface area contributed by atoms with Gasteiger partial charge in [0.2, 0.25) is 5.13 Å². The minimum absolute atomic E-state index is 0.289. The molecule has 2 aromatic rings. The van der Waals surface area contributed by atoms with Gasteiger partial charge in [-0.05, 0) is 19.1 Å². The van der Waals surface area contributed by atoms with E-state index in [-0.39, 0.29) is 5.91 Å². The molecule has 0 fully saturated rings. The fourth-order valence-electron chi connectivity index (χ4n) is 1.23. The molecule has 2 rings (SSSR count). The molecule has 98 valence electrons. The standard InChI is InChI=1S/C11H9N3O3S2/c1-6-13-14-11(19-6)12-10(17)7-4-8(18-5-7)2-3-9(15)16/h2-5H,1H3,(H,15,16)(H,12,14,17)/b3-2+. The van der Waals surface area contributed by atoms with Crippen molar-refractivity contribution in [2.45, 2.75) is 6.92 Å². The van der Waals surface area contributed by atoms with E-state index in [0.717, 1.165) is 11.1 Å². The van der Waals surface area contributed by atoms with Crippen LogP contribution in [0.15, 0.2) is 17.5 Å². The minimum atomic E-state index is -1.02. The molecular weight excluding hydrogens is 286 g/mol. The molecule has 0 aromatic carbocycles. The molecule has 0 aliphatic rings. The van der Waals surface area contributed by atoms with Crippen LogP contribution in [0.25, 0.3) is 6.08 Å². The molecule has 0 saturated heterocycles. The van der Waals surface area contributed by atoms with Crippen molar-refractivity contribution in [1.29, 1.82) is 0 Å². The number of hydrogen-bond acceptors (Lipinski definition) is 6. The predicted molar refractivity (Wildman–Crippen MR) is 73.6 cm³/mol. The Morgan fingerprint density at radius 2 is 2.21 bits per heavy atom. The van der Waals surface area contributed by atoms with Crippen LogP contribution in [0.4, 0.5) is 5.13 Å². The van der Waals surface area contributed by atoms with Gasteiger partial charge in [0, 0.05) is 16.3 Å². The van der Waals surface area contributed by atoms with Gasteiger partial charge in [-0.2, -0.15) is 0 Å². The van der Waals surface area contributed by atoms with Crippen LogP contribution in [-0.2, 0) is 4.79 Å². The Bertz CT molecular complexity index is 645. The van der Waals surface area contributed by atoms with Gasteiger partial charge in [0.15, 0.2) is 0 Å². The quantitative estimate of drug-likeness (QED) is 0.844. The number of nitrogens with one attached hydrogen (secondary N) is 1. The molecule has 2 heterocycles. The number of carboxylic acids is 1. The second-order valence-electron chi connectivity index (χ2n) is 3.49. The molecule has 19 heavy (non-hydrogen) atoms. The minimum Gasteiger partial charge on any atom is -0.478 e. The average molecular weight is 295 g/mol. The maximum absolute atomic E-state index is 11.9. The molecule has 0 spiro atoms. The number of thiophene rings is 1. The van der Waals surface area contributed by atoms with Crippen molar-refractivity contribution < 1.29 is 14.7 Å². The van der Waals surface area contributed by atoms with Crippen LogP contribution < -0.4 is 5.32 Å². The van der Waals surface area contributed by atoms with Crippen molar-refractivity contribution in [2.24, 2.45) is 0 Å². The Kier molecular flexibility index (Phi) is 4.03. The summed E-state index contributed by atoms with van der Waals surface area (Å²) in [6, 6.07) is 1.62. The third-order valence-electron chi connectivity index (χ3n) is 2.02. The SMILES string of the molecule is Cc1nnc(NC(=O)c2csc(/C=C/C(=O)O)c2)s1. The Morgan fingerprint density at radius 3 is 2.84 bits per heavy atom. The third-order valence-corrected chi connectivity index (χ3v) is 3.67. The van der Waals surface area contributed by atoms with Crippen molar-refractivity contribution in [1.82, 2.24) is 10.2 Å². The summed E-state index contributed by atoms with van der Waals surface area (Å²) in [6.07, 6.45) is 2.47. The average Bonchev–Trinajstić information content (AvgIpc) is 2.95. The van der Waals surface area contributed by atoms with Gasteiger partial charge in [0.25, 0.3) is 5.91 Å². The molecule has 1 amide bonds. The van der Waals surface area contributed by atoms with E-state index in [4.69, 9.17) is 5.11 Å². The van der Waals surface area contributed by atoms with Crippen molar-refractivity contribution >= 4 is 45.8 Å². The fraction of sp³-hybridized carbons (Fsp3) is 0.0909. The maximum Gasteiger partial charge on any atom is 0.328 e. The van der Waals surface area contributed by atoms with Gasteiger partial charge in [-0.15, -0.1) is 21.5 Å². The van der Waals surface area contributed by atoms with Gasteiger partial charge < -0.3 is 5.11 Å². The van der Waals surface area contributed by atoms with E-state index in [1.165, 1.54) is 28.7 Å². The third kappa shape index (κ3) is 3.70. The summed E-state index contributed by atoms with van der Waals surface area (Å²) in [5.41, 5.74) is 0.461. The lowest BCUT2D eigenvalue weighted by atomic mass is 10.3. The van der Waals surface area contributed by atoms with Crippen LogP contribution in [0.3, 0.4) is 0 Å². The van der Waals surface area contributed by atoms with E-state index in [1.807, 2.05) is 0 Å². The Hall–Kier alpha value is -2.06. The number of rotatable bonds is 4. The number of aromatic nitrogens is 2. The highest BCUT2D eigenvalue weighted by Gasteiger charge is 2.10. The molecule has 2 N–H and O–H groups in total. The first kappa shape index (κ1) is 13.4. The van der Waals surface area contributed by atoms with Crippen LogP contribution in [0, 0.1) is 6.92 Å². The van der Waals surface area contributed by atoms with Crippen molar-refractivity contribution in [3.8, 4) is 0 Å². The highest BCUT2D eigenvalue weighted by atomic mass is 32.1. The Balaban J connectivity index is 2.06. The molecule has 8 heteroatoms. The van der Waals surface area contributed by atoms with Gasteiger partial charge in [-0.25, -0.2) is 4.79 Å². The lowest BCUT2D eigenvalue weighted by Crippen LogP contribution is -2.10. The first-order valence-corrected chi connectivity index (χ1v) is 6.85. The molecule has 6 nitrogen and oxygen atoms in total. The summed E-state index contributed by atoms with van der Waals surface area (Å²) in [5, 5.41) is 21.6. The molecule has 0 radical (unpaired) electrons. The molecular formula is C11H9N3O3S2. The van der Waals surface area contributed by atoms with E-state index in [0.29, 0.717) is 15.6 Å². The van der Waals surface area contributed by atoms with Gasteiger partial charge in [-0.3, -0.25) is 10.1 Å². The summed E-state index contributed by atoms with van der Waals surface area (Å²) >= 11 is 2.58. The lowest BCUT2D eigenvalue weighted by Gasteiger charge is -1.96. The number of carbonyl (C=O) groups excluding carboxylic acids is 1. The summed E-state index contributed by atoms with van der Waals surface area (Å²) in [5.74, 6) is -1.31. The summed E-state index contributed by atoms with van der Waals surface area (Å²) in [6.45, 7) is 1.80. The smallest absolute Gasteiger partial charge is 0.328 e. The van der Waals surface area contributed by atoms with Crippen LogP contribution in [0.2, 0.25) is 0 Å². The lowest BCUT2D eigenvalue weighted by molar-refractivity contribution is -0.131. The number of aryl methyl sites for hydroxylation is 1. The molecule has 0 bridgehead atoms. The Labute approximate surface area is 116 Å². The van der Waals surface area contributed by atoms with Crippen molar-refractivity contribution in [3.63, 3.8) is 0 Å². The van der Waals surface area contributed by atoms with E-state index in [2.05, 4.69) is 15.5 Å². The number of carbonyl (C=O) groups is 2. The zero-order chi connectivity index (χ0) is 13.8. The number of anilines is 1. The molecule has 0 saturated carbocycles. The van der Waals surface area contributed by atoms with Crippen molar-refractivity contribution in [2.75, 3.05) is 5.32 Å². The first-order chi connectivity index (χ1) is 9.04. The number of aliphatic carboxylic acids is 1. The zero-order valence-corrected chi connectivity index (χ0v) is 11.4. The number of hydrogen-bond donors (Lipinski definition) is 2. The fourth-order valence-corrected chi connectivity index (χ4v) is 2.60. The zero-order valence-electron chi connectivity index (χ0n) is 9.78. The number of carboxylic acid groups (broad SMARTS) is 1. The molecule has 0 unspecified atom stereocenters. The monoisotopic (exact) mass is 295 g/mol. The normalized spacial score (nSPS) is 10.8. The van der Waals surface area contributed by atoms with Crippen molar-refractivity contribution in [3.05, 3.63) is 33.0 Å². The van der Waals surface area contributed by atoms with Gasteiger partial charge in [-0.1, -0.05) is 11.3 Å². The molecule has 0 aliphatic carbocycles. The summed E-state index contributed by atoms with van der Waals surface area (Å²) in [7, 11) is 0. The van der Waals surface area contributed by atoms with Crippen LogP contribution in [-0.4, -0.2) is 27.2 Å². The van der Waals surface area contributed by atoms with Crippen LogP contribution >= 0.6 is 22.7 Å². The largest absolute Gasteiger partial charge is 0.478 e. The highest BCUT2D eigenvalue weighted by Crippen LogP contribution is 2.19. The van der Waals surface area contributed by atoms with Gasteiger partial charge >= 0.3 is 5.97 Å². The first-order valence-electron chi connectivity index (χ1n) is 5.15. The van der Waals surface area contributed by atoms with E-state index in [1.54, 1.807) is 18.4 Å². The maximum atomic E-state index is 11.9. The number of nitrogens with zero attached hydrogens (tertiary/aromatic N) is 2. The second-order valence-corrected chi connectivity index (χ2v) is 5.61.